The monoisotopic (exact) mass is 340 g/mol. The summed E-state index contributed by atoms with van der Waals surface area (Å²) in [5.41, 5.74) is 7.06. The minimum absolute atomic E-state index is 0.156. The zero-order chi connectivity index (χ0) is 18.1. The number of hydrogen-bond donors (Lipinski definition) is 2. The van der Waals surface area contributed by atoms with E-state index in [0.29, 0.717) is 34.5 Å². The van der Waals surface area contributed by atoms with Crippen molar-refractivity contribution >= 4 is 22.8 Å². The Bertz CT molecular complexity index is 1020. The Kier molecular flexibility index (Phi) is 4.31. The molecular formula is C18H20N4O3. The molecule has 0 radical (unpaired) electrons. The number of nitrogens with one attached hydrogen (secondary N) is 2. The van der Waals surface area contributed by atoms with Crippen molar-refractivity contribution in [3.8, 4) is 0 Å². The van der Waals surface area contributed by atoms with Crippen molar-refractivity contribution in [2.75, 3.05) is 5.43 Å². The minimum atomic E-state index is -0.336. The summed E-state index contributed by atoms with van der Waals surface area (Å²) < 4.78 is 6.96. The number of rotatable bonds is 4. The summed E-state index contributed by atoms with van der Waals surface area (Å²) in [7, 11) is 0. The second-order valence-corrected chi connectivity index (χ2v) is 5.80. The number of carbonyl (C=O) groups excluding carboxylic acids is 1. The van der Waals surface area contributed by atoms with Crippen molar-refractivity contribution in [1.82, 2.24) is 15.0 Å². The van der Waals surface area contributed by atoms with Gasteiger partial charge < -0.3 is 4.42 Å². The maximum atomic E-state index is 12.6. The molecule has 0 saturated carbocycles. The number of aryl methyl sites for hydroxylation is 2. The van der Waals surface area contributed by atoms with E-state index in [9.17, 15) is 9.59 Å². The third-order valence-electron chi connectivity index (χ3n) is 4.25. The van der Waals surface area contributed by atoms with Gasteiger partial charge in [-0.15, -0.1) is 0 Å². The number of nitrogens with zero attached hydrogens (tertiary/aromatic N) is 2. The third-order valence-corrected chi connectivity index (χ3v) is 4.25. The van der Waals surface area contributed by atoms with E-state index < -0.39 is 0 Å². The van der Waals surface area contributed by atoms with Crippen LogP contribution in [0.4, 0.5) is 5.95 Å². The third kappa shape index (κ3) is 2.88. The van der Waals surface area contributed by atoms with Gasteiger partial charge in [0, 0.05) is 12.1 Å². The number of anilines is 1. The number of para-hydroxylation sites is 1. The van der Waals surface area contributed by atoms with E-state index in [1.807, 2.05) is 26.8 Å². The Labute approximate surface area is 144 Å². The maximum Gasteiger partial charge on any atom is 0.273 e. The van der Waals surface area contributed by atoms with Crippen LogP contribution in [0.5, 0.6) is 0 Å². The molecule has 0 bridgehead atoms. The Morgan fingerprint density at radius 2 is 1.92 bits per heavy atom. The van der Waals surface area contributed by atoms with Gasteiger partial charge in [0.2, 0.25) is 5.95 Å². The fourth-order valence-corrected chi connectivity index (χ4v) is 2.86. The largest absolute Gasteiger partial charge is 0.466 e. The summed E-state index contributed by atoms with van der Waals surface area (Å²) in [5.74, 6) is 1.21. The van der Waals surface area contributed by atoms with E-state index in [1.54, 1.807) is 25.1 Å². The standard InChI is InChI=1S/C18H20N4O3/c1-5-22-17(24)13-8-6-7-9-14(13)19-18(22)21-20-16(23)15-10(2)11(3)25-12(15)4/h6-9H,5H2,1-4H3,(H,19,21)(H,20,23). The van der Waals surface area contributed by atoms with E-state index in [1.165, 1.54) is 4.57 Å². The zero-order valence-corrected chi connectivity index (χ0v) is 14.6. The fourth-order valence-electron chi connectivity index (χ4n) is 2.86. The van der Waals surface area contributed by atoms with Crippen LogP contribution in [0.15, 0.2) is 33.5 Å². The van der Waals surface area contributed by atoms with E-state index in [0.717, 1.165) is 5.56 Å². The SMILES string of the molecule is CCn1c(NNC(=O)c2c(C)oc(C)c2C)nc2ccccc2c1=O. The molecule has 3 rings (SSSR count). The molecule has 0 aliphatic heterocycles. The van der Waals surface area contributed by atoms with Crippen LogP contribution in [0.3, 0.4) is 0 Å². The molecule has 2 N–H and O–H groups in total. The fraction of sp³-hybridized carbons (Fsp3) is 0.278. The number of amides is 1. The molecular weight excluding hydrogens is 320 g/mol. The predicted octanol–water partition coefficient (Wildman–Crippen LogP) is 2.69. The first kappa shape index (κ1) is 16.8. The van der Waals surface area contributed by atoms with Gasteiger partial charge in [-0.25, -0.2) is 4.98 Å². The van der Waals surface area contributed by atoms with Crippen LogP contribution in [-0.4, -0.2) is 15.5 Å². The molecule has 0 spiro atoms. The first-order valence-corrected chi connectivity index (χ1v) is 8.06. The molecule has 2 aromatic heterocycles. The van der Waals surface area contributed by atoms with Crippen LogP contribution in [0, 0.1) is 20.8 Å². The van der Waals surface area contributed by atoms with Crippen molar-refractivity contribution in [1.29, 1.82) is 0 Å². The van der Waals surface area contributed by atoms with E-state index in [4.69, 9.17) is 4.42 Å². The summed E-state index contributed by atoms with van der Waals surface area (Å²) in [6.45, 7) is 7.66. The predicted molar refractivity (Wildman–Crippen MR) is 95.7 cm³/mol. The Balaban J connectivity index is 1.93. The van der Waals surface area contributed by atoms with Gasteiger partial charge in [-0.3, -0.25) is 25.0 Å². The lowest BCUT2D eigenvalue weighted by Crippen LogP contribution is -2.34. The molecule has 130 valence electrons. The number of aromatic nitrogens is 2. The Hall–Kier alpha value is -3.09. The summed E-state index contributed by atoms with van der Waals surface area (Å²) in [6, 6.07) is 7.11. The van der Waals surface area contributed by atoms with Gasteiger partial charge in [0.05, 0.1) is 16.5 Å². The lowest BCUT2D eigenvalue weighted by atomic mass is 10.1. The van der Waals surface area contributed by atoms with Crippen LogP contribution in [0.1, 0.15) is 34.4 Å². The van der Waals surface area contributed by atoms with Crippen molar-refractivity contribution in [2.24, 2.45) is 0 Å². The number of hydrogen-bond acceptors (Lipinski definition) is 5. The summed E-state index contributed by atoms with van der Waals surface area (Å²) in [6.07, 6.45) is 0. The number of furan rings is 1. The molecule has 0 aliphatic carbocycles. The molecule has 1 amide bonds. The topological polar surface area (TPSA) is 89.2 Å². The molecule has 25 heavy (non-hydrogen) atoms. The van der Waals surface area contributed by atoms with Crippen LogP contribution < -0.4 is 16.4 Å². The number of hydrazine groups is 1. The molecule has 1 aromatic carbocycles. The normalized spacial score (nSPS) is 10.9. The van der Waals surface area contributed by atoms with Gasteiger partial charge in [0.15, 0.2) is 0 Å². The van der Waals surface area contributed by atoms with Gasteiger partial charge in [-0.1, -0.05) is 12.1 Å². The van der Waals surface area contributed by atoms with Gasteiger partial charge in [-0.05, 0) is 39.8 Å². The number of benzene rings is 1. The maximum absolute atomic E-state index is 12.6. The zero-order valence-electron chi connectivity index (χ0n) is 14.6. The number of fused-ring (bicyclic) bond motifs is 1. The smallest absolute Gasteiger partial charge is 0.273 e. The van der Waals surface area contributed by atoms with Crippen molar-refractivity contribution in [3.05, 3.63) is 57.3 Å². The van der Waals surface area contributed by atoms with Gasteiger partial charge in [-0.2, -0.15) is 0 Å². The molecule has 3 aromatic rings. The highest BCUT2D eigenvalue weighted by Gasteiger charge is 2.19. The highest BCUT2D eigenvalue weighted by Crippen LogP contribution is 2.20. The lowest BCUT2D eigenvalue weighted by Gasteiger charge is -2.14. The lowest BCUT2D eigenvalue weighted by molar-refractivity contribution is 0.0960. The molecule has 2 heterocycles. The molecule has 0 fully saturated rings. The van der Waals surface area contributed by atoms with Crippen LogP contribution in [-0.2, 0) is 6.54 Å². The van der Waals surface area contributed by atoms with Gasteiger partial charge >= 0.3 is 0 Å². The highest BCUT2D eigenvalue weighted by atomic mass is 16.3. The average molecular weight is 340 g/mol. The summed E-state index contributed by atoms with van der Waals surface area (Å²) in [5, 5.41) is 0.540. The molecule has 7 heteroatoms. The summed E-state index contributed by atoms with van der Waals surface area (Å²) >= 11 is 0. The van der Waals surface area contributed by atoms with Gasteiger partial charge in [0.1, 0.15) is 11.5 Å². The van der Waals surface area contributed by atoms with Crippen molar-refractivity contribution in [2.45, 2.75) is 34.2 Å². The Morgan fingerprint density at radius 1 is 1.20 bits per heavy atom. The first-order chi connectivity index (χ1) is 11.9. The van der Waals surface area contributed by atoms with Gasteiger partial charge in [0.25, 0.3) is 11.5 Å². The quantitative estimate of drug-likeness (QED) is 0.713. The van der Waals surface area contributed by atoms with E-state index in [2.05, 4.69) is 15.8 Å². The van der Waals surface area contributed by atoms with Crippen LogP contribution in [0.2, 0.25) is 0 Å². The van der Waals surface area contributed by atoms with Crippen molar-refractivity contribution in [3.63, 3.8) is 0 Å². The van der Waals surface area contributed by atoms with Crippen LogP contribution in [0.25, 0.3) is 10.9 Å². The van der Waals surface area contributed by atoms with E-state index >= 15 is 0 Å². The first-order valence-electron chi connectivity index (χ1n) is 8.06. The van der Waals surface area contributed by atoms with Crippen LogP contribution >= 0.6 is 0 Å². The molecule has 0 atom stereocenters. The number of carbonyl (C=O) groups is 1. The molecule has 0 aliphatic rings. The second-order valence-electron chi connectivity index (χ2n) is 5.80. The highest BCUT2D eigenvalue weighted by molar-refractivity contribution is 5.97. The minimum Gasteiger partial charge on any atom is -0.466 e. The van der Waals surface area contributed by atoms with Crippen molar-refractivity contribution < 1.29 is 9.21 Å². The second kappa shape index (κ2) is 6.43. The average Bonchev–Trinajstić information content (AvgIpc) is 2.85. The molecule has 0 unspecified atom stereocenters. The molecule has 0 saturated heterocycles. The van der Waals surface area contributed by atoms with E-state index in [-0.39, 0.29) is 17.4 Å². The Morgan fingerprint density at radius 3 is 2.56 bits per heavy atom. The summed E-state index contributed by atoms with van der Waals surface area (Å²) in [4.78, 5) is 29.5. The molecule has 7 nitrogen and oxygen atoms in total.